The summed E-state index contributed by atoms with van der Waals surface area (Å²) in [7, 11) is 0. The van der Waals surface area contributed by atoms with Crippen molar-refractivity contribution in [2.45, 2.75) is 64.3 Å². The van der Waals surface area contributed by atoms with E-state index >= 15 is 0 Å². The van der Waals surface area contributed by atoms with Gasteiger partial charge in [-0.15, -0.1) is 11.8 Å². The van der Waals surface area contributed by atoms with Crippen molar-refractivity contribution in [3.05, 3.63) is 66.1 Å². The minimum atomic E-state index is -0.708. The molecule has 1 aromatic carbocycles. The Labute approximate surface area is 207 Å². The minimum Gasteiger partial charge on any atom is -0.468 e. The van der Waals surface area contributed by atoms with Gasteiger partial charge in [0, 0.05) is 6.08 Å². The highest BCUT2D eigenvalue weighted by Crippen LogP contribution is 2.15. The first kappa shape index (κ1) is 27.4. The largest absolute Gasteiger partial charge is 0.468 e. The molecule has 2 atom stereocenters. The van der Waals surface area contributed by atoms with E-state index in [-0.39, 0.29) is 29.3 Å². The molecule has 2 rings (SSSR count). The Morgan fingerprint density at radius 1 is 1.03 bits per heavy atom. The molecule has 1 heterocycles. The molecule has 0 aliphatic heterocycles. The quantitative estimate of drug-likeness (QED) is 0.347. The molecule has 0 spiro atoms. The highest BCUT2D eigenvalue weighted by Gasteiger charge is 2.26. The molecule has 7 heteroatoms. The molecule has 0 aliphatic rings. The number of unbranched alkanes of at least 4 members (excludes halogenated alkanes) is 1. The van der Waals surface area contributed by atoms with E-state index in [0.717, 1.165) is 24.2 Å². The molecule has 2 N–H and O–H groups in total. The number of benzene rings is 1. The molecule has 2 amide bonds. The Hall–Kier alpha value is -2.80. The van der Waals surface area contributed by atoms with Gasteiger partial charge in [0.05, 0.1) is 23.8 Å². The van der Waals surface area contributed by atoms with E-state index in [9.17, 15) is 14.4 Å². The SMILES string of the molecule is CCCC[C@H](NC(=O)[C@H](CC(C)C)NC(=O)C=Cc1ccccc1)C(=O)CSCc1ccco1. The van der Waals surface area contributed by atoms with Crippen LogP contribution in [0.3, 0.4) is 0 Å². The molecule has 0 unspecified atom stereocenters. The predicted molar refractivity (Wildman–Crippen MR) is 138 cm³/mol. The first-order valence-corrected chi connectivity index (χ1v) is 13.0. The van der Waals surface area contributed by atoms with Gasteiger partial charge < -0.3 is 15.1 Å². The molecule has 0 bridgehead atoms. The molecule has 1 aromatic heterocycles. The van der Waals surface area contributed by atoms with Crippen molar-refractivity contribution in [1.82, 2.24) is 10.6 Å². The third kappa shape index (κ3) is 10.4. The van der Waals surface area contributed by atoms with Gasteiger partial charge in [0.2, 0.25) is 11.8 Å². The van der Waals surface area contributed by atoms with E-state index in [1.165, 1.54) is 17.8 Å². The van der Waals surface area contributed by atoms with Crippen LogP contribution in [-0.2, 0) is 20.1 Å². The molecule has 0 saturated carbocycles. The van der Waals surface area contributed by atoms with Gasteiger partial charge in [-0.05, 0) is 42.5 Å². The van der Waals surface area contributed by atoms with Crippen molar-refractivity contribution >= 4 is 35.4 Å². The lowest BCUT2D eigenvalue weighted by molar-refractivity contribution is -0.130. The summed E-state index contributed by atoms with van der Waals surface area (Å²) in [6.45, 7) is 6.05. The van der Waals surface area contributed by atoms with Crippen molar-refractivity contribution in [3.63, 3.8) is 0 Å². The molecule has 0 saturated heterocycles. The van der Waals surface area contributed by atoms with Gasteiger partial charge in [-0.25, -0.2) is 0 Å². The third-order valence-electron chi connectivity index (χ3n) is 5.19. The average Bonchev–Trinajstić information content (AvgIpc) is 3.33. The topological polar surface area (TPSA) is 88.4 Å². The van der Waals surface area contributed by atoms with Gasteiger partial charge in [0.15, 0.2) is 5.78 Å². The maximum Gasteiger partial charge on any atom is 0.244 e. The van der Waals surface area contributed by atoms with Crippen LogP contribution in [0.15, 0.2) is 59.2 Å². The number of rotatable bonds is 15. The number of carbonyl (C=O) groups is 3. The molecular formula is C27H36N2O4S. The first-order valence-electron chi connectivity index (χ1n) is 11.9. The zero-order valence-electron chi connectivity index (χ0n) is 20.3. The fraction of sp³-hybridized carbons (Fsp3) is 0.444. The maximum absolute atomic E-state index is 13.1. The Kier molecular flexibility index (Phi) is 12.2. The maximum atomic E-state index is 13.1. The molecule has 6 nitrogen and oxygen atoms in total. The van der Waals surface area contributed by atoms with Crippen molar-refractivity contribution in [1.29, 1.82) is 0 Å². The number of ketones is 1. The molecule has 184 valence electrons. The summed E-state index contributed by atoms with van der Waals surface area (Å²) < 4.78 is 5.31. The number of furan rings is 1. The lowest BCUT2D eigenvalue weighted by atomic mass is 10.0. The second kappa shape index (κ2) is 15.2. The van der Waals surface area contributed by atoms with Gasteiger partial charge in [0.1, 0.15) is 11.8 Å². The number of thioether (sulfide) groups is 1. The molecule has 2 aromatic rings. The van der Waals surface area contributed by atoms with E-state index < -0.39 is 12.1 Å². The van der Waals surface area contributed by atoms with Crippen LogP contribution in [0.2, 0.25) is 0 Å². The van der Waals surface area contributed by atoms with Crippen LogP contribution in [0, 0.1) is 5.92 Å². The van der Waals surface area contributed by atoms with E-state index in [1.54, 1.807) is 12.3 Å². The highest BCUT2D eigenvalue weighted by molar-refractivity contribution is 7.99. The van der Waals surface area contributed by atoms with Crippen molar-refractivity contribution in [2.24, 2.45) is 5.92 Å². The van der Waals surface area contributed by atoms with Gasteiger partial charge in [-0.3, -0.25) is 14.4 Å². The molecular weight excluding hydrogens is 448 g/mol. The van der Waals surface area contributed by atoms with Crippen LogP contribution in [0.5, 0.6) is 0 Å². The predicted octanol–water partition coefficient (Wildman–Crippen LogP) is 5.00. The van der Waals surface area contributed by atoms with Crippen molar-refractivity contribution in [3.8, 4) is 0 Å². The number of hydrogen-bond acceptors (Lipinski definition) is 5. The van der Waals surface area contributed by atoms with Gasteiger partial charge in [-0.2, -0.15) is 0 Å². The number of carbonyl (C=O) groups excluding carboxylic acids is 3. The highest BCUT2D eigenvalue weighted by atomic mass is 32.2. The lowest BCUT2D eigenvalue weighted by Crippen LogP contribution is -2.52. The summed E-state index contributed by atoms with van der Waals surface area (Å²) in [6.07, 6.45) is 7.58. The zero-order chi connectivity index (χ0) is 24.8. The lowest BCUT2D eigenvalue weighted by Gasteiger charge is -2.23. The molecule has 0 aliphatic carbocycles. The van der Waals surface area contributed by atoms with Gasteiger partial charge >= 0.3 is 0 Å². The zero-order valence-corrected chi connectivity index (χ0v) is 21.1. The standard InChI is InChI=1S/C27H36N2O4S/c1-4-5-13-23(25(30)19-34-18-22-12-9-16-33-22)29-27(32)24(17-20(2)3)28-26(31)15-14-21-10-7-6-8-11-21/h6-12,14-16,20,23-24H,4-5,13,17-19H2,1-3H3,(H,28,31)(H,29,32)/t23-,24-/m0/s1. The van der Waals surface area contributed by atoms with Gasteiger partial charge in [-0.1, -0.05) is 63.9 Å². The number of nitrogens with one attached hydrogen (secondary N) is 2. The minimum absolute atomic E-state index is 0.0167. The summed E-state index contributed by atoms with van der Waals surface area (Å²) in [5.74, 6) is 1.23. The fourth-order valence-electron chi connectivity index (χ4n) is 3.40. The number of hydrogen-bond donors (Lipinski definition) is 2. The Morgan fingerprint density at radius 3 is 2.44 bits per heavy atom. The Balaban J connectivity index is 1.98. The summed E-state index contributed by atoms with van der Waals surface area (Å²) in [6, 6.07) is 11.9. The normalized spacial score (nSPS) is 13.1. The Bertz CT molecular complexity index is 910. The summed E-state index contributed by atoms with van der Waals surface area (Å²) in [4.78, 5) is 38.5. The summed E-state index contributed by atoms with van der Waals surface area (Å²) >= 11 is 1.47. The van der Waals surface area contributed by atoms with E-state index in [1.807, 2.05) is 56.3 Å². The first-order chi connectivity index (χ1) is 16.4. The smallest absolute Gasteiger partial charge is 0.244 e. The average molecular weight is 485 g/mol. The van der Waals surface area contributed by atoms with Crippen LogP contribution < -0.4 is 10.6 Å². The van der Waals surface area contributed by atoms with Crippen LogP contribution >= 0.6 is 11.8 Å². The van der Waals surface area contributed by atoms with Crippen molar-refractivity contribution in [2.75, 3.05) is 5.75 Å². The molecule has 0 fully saturated rings. The van der Waals surface area contributed by atoms with Crippen LogP contribution in [0.25, 0.3) is 6.08 Å². The fourth-order valence-corrected chi connectivity index (χ4v) is 4.27. The summed E-state index contributed by atoms with van der Waals surface area (Å²) in [5, 5.41) is 5.73. The van der Waals surface area contributed by atoms with Crippen LogP contribution in [0.1, 0.15) is 57.8 Å². The summed E-state index contributed by atoms with van der Waals surface area (Å²) in [5.41, 5.74) is 0.903. The van der Waals surface area contributed by atoms with Crippen molar-refractivity contribution < 1.29 is 18.8 Å². The van der Waals surface area contributed by atoms with E-state index in [2.05, 4.69) is 17.6 Å². The van der Waals surface area contributed by atoms with E-state index in [4.69, 9.17) is 4.42 Å². The molecule has 34 heavy (non-hydrogen) atoms. The van der Waals surface area contributed by atoms with Crippen LogP contribution in [-0.4, -0.2) is 35.4 Å². The second-order valence-corrected chi connectivity index (χ2v) is 9.66. The third-order valence-corrected chi connectivity index (χ3v) is 6.16. The van der Waals surface area contributed by atoms with Crippen LogP contribution in [0.4, 0.5) is 0 Å². The van der Waals surface area contributed by atoms with E-state index in [0.29, 0.717) is 18.6 Å². The Morgan fingerprint density at radius 2 is 1.79 bits per heavy atom. The number of Topliss-reactive ketones (excluding diaryl/α,β-unsaturated/α-hetero) is 1. The number of amides is 2. The van der Waals surface area contributed by atoms with Gasteiger partial charge in [0.25, 0.3) is 0 Å². The monoisotopic (exact) mass is 484 g/mol. The molecule has 0 radical (unpaired) electrons. The second-order valence-electron chi connectivity index (χ2n) is 8.68.